The average molecular weight is 292 g/mol. The maximum atomic E-state index is 4.53. The molecule has 2 nitrogen and oxygen atoms in total. The second-order valence-corrected chi connectivity index (χ2v) is 5.10. The van der Waals surface area contributed by atoms with Gasteiger partial charge in [0, 0.05) is 18.3 Å². The van der Waals surface area contributed by atoms with Crippen LogP contribution in [0.3, 0.4) is 0 Å². The molecule has 0 aliphatic carbocycles. The van der Waals surface area contributed by atoms with E-state index in [-0.39, 0.29) is 0 Å². The van der Waals surface area contributed by atoms with E-state index in [0.29, 0.717) is 0 Å². The van der Waals surface area contributed by atoms with Crippen molar-refractivity contribution in [2.24, 2.45) is 9.98 Å². The number of aryl methyl sites for hydroxylation is 1. The number of rotatable bonds is 2. The summed E-state index contributed by atoms with van der Waals surface area (Å²) in [5, 5.41) is 0. The van der Waals surface area contributed by atoms with Gasteiger partial charge in [-0.15, -0.1) is 0 Å². The highest BCUT2D eigenvalue weighted by molar-refractivity contribution is 6.03. The first kappa shape index (κ1) is 16.2. The maximum absolute atomic E-state index is 4.53. The van der Waals surface area contributed by atoms with Crippen molar-refractivity contribution in [1.29, 1.82) is 0 Å². The Morgan fingerprint density at radius 1 is 0.773 bits per heavy atom. The van der Waals surface area contributed by atoms with Crippen molar-refractivity contribution in [3.05, 3.63) is 59.7 Å². The minimum absolute atomic E-state index is 0.859. The van der Waals surface area contributed by atoms with Crippen LogP contribution in [0.2, 0.25) is 0 Å². The Bertz CT molecular complexity index is 634. The number of benzene rings is 2. The van der Waals surface area contributed by atoms with E-state index in [9.17, 15) is 0 Å². The molecule has 2 heteroatoms. The van der Waals surface area contributed by atoms with Gasteiger partial charge in [-0.25, -0.2) is 4.99 Å². The normalized spacial score (nSPS) is 13.7. The second-order valence-electron chi connectivity index (χ2n) is 5.10. The molecule has 114 valence electrons. The van der Waals surface area contributed by atoms with Crippen LogP contribution in [0, 0.1) is 6.92 Å². The Morgan fingerprint density at radius 2 is 1.32 bits per heavy atom. The van der Waals surface area contributed by atoms with Gasteiger partial charge in [-0.3, -0.25) is 4.99 Å². The first-order valence-electron chi connectivity index (χ1n) is 8.07. The first-order valence-corrected chi connectivity index (χ1v) is 8.07. The second kappa shape index (κ2) is 8.28. The van der Waals surface area contributed by atoms with Gasteiger partial charge in [-0.1, -0.05) is 67.9 Å². The predicted molar refractivity (Wildman–Crippen MR) is 97.1 cm³/mol. The molecule has 0 saturated heterocycles. The van der Waals surface area contributed by atoms with Crippen molar-refractivity contribution in [2.45, 2.75) is 33.6 Å². The van der Waals surface area contributed by atoms with E-state index in [2.05, 4.69) is 65.4 Å². The molecule has 0 atom stereocenters. The summed E-state index contributed by atoms with van der Waals surface area (Å²) in [6, 6.07) is 17.1. The van der Waals surface area contributed by atoms with Crippen LogP contribution in [0.15, 0.2) is 58.5 Å². The van der Waals surface area contributed by atoms with Crippen LogP contribution in [-0.4, -0.2) is 18.6 Å². The first-order chi connectivity index (χ1) is 10.8. The van der Waals surface area contributed by atoms with Crippen molar-refractivity contribution in [3.8, 4) is 11.1 Å². The van der Waals surface area contributed by atoms with Crippen molar-refractivity contribution < 1.29 is 0 Å². The molecule has 0 radical (unpaired) electrons. The highest BCUT2D eigenvalue weighted by Gasteiger charge is 2.04. The van der Waals surface area contributed by atoms with Gasteiger partial charge in [0.25, 0.3) is 0 Å². The average Bonchev–Trinajstić information content (AvgIpc) is 2.87. The molecule has 1 heterocycles. The Hall–Kier alpha value is -2.22. The van der Waals surface area contributed by atoms with E-state index < -0.39 is 0 Å². The minimum atomic E-state index is 0.859. The zero-order valence-electron chi connectivity index (χ0n) is 13.7. The van der Waals surface area contributed by atoms with Gasteiger partial charge in [-0.2, -0.15) is 0 Å². The van der Waals surface area contributed by atoms with E-state index in [1.165, 1.54) is 16.7 Å². The van der Waals surface area contributed by atoms with E-state index in [1.807, 2.05) is 20.1 Å². The van der Waals surface area contributed by atoms with Crippen molar-refractivity contribution in [1.82, 2.24) is 0 Å². The van der Waals surface area contributed by atoms with Crippen LogP contribution in [0.25, 0.3) is 11.1 Å². The third-order valence-electron chi connectivity index (χ3n) is 3.49. The Kier molecular flexibility index (Phi) is 6.08. The molecular formula is C20H24N2. The fraction of sp³-hybridized carbons (Fsp3) is 0.300. The fourth-order valence-electron chi connectivity index (χ4n) is 2.28. The number of hydrogen-bond donors (Lipinski definition) is 0. The van der Waals surface area contributed by atoms with Gasteiger partial charge >= 0.3 is 0 Å². The summed E-state index contributed by atoms with van der Waals surface area (Å²) in [5.41, 5.74) is 4.85. The molecule has 0 fully saturated rings. The lowest BCUT2D eigenvalue weighted by Gasteiger charge is -2.05. The van der Waals surface area contributed by atoms with Crippen LogP contribution in [0.4, 0.5) is 0 Å². The number of hydrogen-bond acceptors (Lipinski definition) is 2. The Morgan fingerprint density at radius 3 is 1.95 bits per heavy atom. The zero-order chi connectivity index (χ0) is 15.8. The minimum Gasteiger partial charge on any atom is -0.266 e. The van der Waals surface area contributed by atoms with Crippen LogP contribution in [-0.2, 0) is 0 Å². The highest BCUT2D eigenvalue weighted by atomic mass is 14.9. The third kappa shape index (κ3) is 4.14. The standard InChI is InChI=1S/C18H18N2.C2H6/c1-14-4-6-15(7-5-14)16-8-10-17(11-9-16)18-19-12-2-3-13-20-18;1-2/h4-12H,2-3,13H2,1H3;1-2H3. The third-order valence-corrected chi connectivity index (χ3v) is 3.49. The molecule has 0 unspecified atom stereocenters. The van der Waals surface area contributed by atoms with Crippen LogP contribution >= 0.6 is 0 Å². The largest absolute Gasteiger partial charge is 0.266 e. The quantitative estimate of drug-likeness (QED) is 0.717. The van der Waals surface area contributed by atoms with E-state index in [4.69, 9.17) is 0 Å². The molecule has 0 spiro atoms. The molecule has 2 aromatic carbocycles. The summed E-state index contributed by atoms with van der Waals surface area (Å²) in [4.78, 5) is 8.96. The topological polar surface area (TPSA) is 24.7 Å². The predicted octanol–water partition coefficient (Wildman–Crippen LogP) is 5.30. The van der Waals surface area contributed by atoms with E-state index in [1.54, 1.807) is 0 Å². The lowest BCUT2D eigenvalue weighted by atomic mass is 10.0. The molecule has 22 heavy (non-hydrogen) atoms. The molecule has 0 bridgehead atoms. The monoisotopic (exact) mass is 292 g/mol. The summed E-state index contributed by atoms with van der Waals surface area (Å²) in [7, 11) is 0. The van der Waals surface area contributed by atoms with Crippen molar-refractivity contribution in [3.63, 3.8) is 0 Å². The van der Waals surface area contributed by atoms with E-state index >= 15 is 0 Å². The smallest absolute Gasteiger partial charge is 0.154 e. The Labute approximate surface area is 133 Å². The van der Waals surface area contributed by atoms with Crippen LogP contribution in [0.5, 0.6) is 0 Å². The van der Waals surface area contributed by atoms with Gasteiger partial charge < -0.3 is 0 Å². The Balaban J connectivity index is 0.000000847. The molecule has 0 saturated carbocycles. The van der Waals surface area contributed by atoms with Gasteiger partial charge in [0.05, 0.1) is 0 Å². The lowest BCUT2D eigenvalue weighted by Crippen LogP contribution is -1.97. The summed E-state index contributed by atoms with van der Waals surface area (Å²) < 4.78 is 0. The number of amidine groups is 1. The highest BCUT2D eigenvalue weighted by Crippen LogP contribution is 2.20. The van der Waals surface area contributed by atoms with Crippen molar-refractivity contribution in [2.75, 3.05) is 6.54 Å². The summed E-state index contributed by atoms with van der Waals surface area (Å²) in [5.74, 6) is 0.859. The summed E-state index contributed by atoms with van der Waals surface area (Å²) >= 11 is 0. The molecule has 3 rings (SSSR count). The summed E-state index contributed by atoms with van der Waals surface area (Å²) in [6.07, 6.45) is 4.09. The molecular weight excluding hydrogens is 268 g/mol. The summed E-state index contributed by atoms with van der Waals surface area (Å²) in [6.45, 7) is 6.98. The molecule has 0 amide bonds. The van der Waals surface area contributed by atoms with Crippen LogP contribution < -0.4 is 0 Å². The van der Waals surface area contributed by atoms with Crippen molar-refractivity contribution >= 4 is 12.1 Å². The van der Waals surface area contributed by atoms with Gasteiger partial charge in [-0.05, 0) is 30.9 Å². The fourth-order valence-corrected chi connectivity index (χ4v) is 2.28. The zero-order valence-corrected chi connectivity index (χ0v) is 13.7. The number of aliphatic imine (C=N–C) groups is 2. The molecule has 0 N–H and O–H groups in total. The maximum Gasteiger partial charge on any atom is 0.154 e. The van der Waals surface area contributed by atoms with E-state index in [0.717, 1.165) is 30.8 Å². The van der Waals surface area contributed by atoms with Crippen LogP contribution in [0.1, 0.15) is 37.8 Å². The van der Waals surface area contributed by atoms with Gasteiger partial charge in [0.15, 0.2) is 5.84 Å². The van der Waals surface area contributed by atoms with Gasteiger partial charge in [0.1, 0.15) is 0 Å². The molecule has 2 aromatic rings. The molecule has 1 aliphatic heterocycles. The molecule has 1 aliphatic rings. The van der Waals surface area contributed by atoms with Gasteiger partial charge in [0.2, 0.25) is 0 Å². The lowest BCUT2D eigenvalue weighted by molar-refractivity contribution is 0.895. The molecule has 0 aromatic heterocycles. The number of nitrogens with zero attached hydrogens (tertiary/aromatic N) is 2. The SMILES string of the molecule is CC.Cc1ccc(-c2ccc(C3=NCCCC=N3)cc2)cc1.